The van der Waals surface area contributed by atoms with E-state index in [2.05, 4.69) is 21.6 Å². The number of hydrogen-bond acceptors (Lipinski definition) is 4. The summed E-state index contributed by atoms with van der Waals surface area (Å²) in [6.07, 6.45) is 7.77. The van der Waals surface area contributed by atoms with E-state index in [9.17, 15) is 14.0 Å². The molecule has 0 bridgehead atoms. The van der Waals surface area contributed by atoms with E-state index in [4.69, 9.17) is 0 Å². The van der Waals surface area contributed by atoms with Gasteiger partial charge in [0.2, 0.25) is 0 Å². The topological polar surface area (TPSA) is 64.7 Å². The van der Waals surface area contributed by atoms with Crippen molar-refractivity contribution in [3.05, 3.63) is 41.7 Å². The number of piperazine rings is 1. The van der Waals surface area contributed by atoms with E-state index in [0.717, 1.165) is 45.4 Å². The molecule has 0 radical (unpaired) electrons. The summed E-state index contributed by atoms with van der Waals surface area (Å²) in [5.41, 5.74) is 2.02. The summed E-state index contributed by atoms with van der Waals surface area (Å²) in [6, 6.07) is 6.82. The summed E-state index contributed by atoms with van der Waals surface area (Å²) in [7, 11) is 0. The molecule has 0 aromatic heterocycles. The van der Waals surface area contributed by atoms with Gasteiger partial charge in [-0.05, 0) is 44.2 Å². The maximum absolute atomic E-state index is 13.9. The van der Waals surface area contributed by atoms with E-state index in [1.807, 2.05) is 11.0 Å². The Bertz CT molecular complexity index is 729. The van der Waals surface area contributed by atoms with E-state index in [0.29, 0.717) is 25.3 Å². The van der Waals surface area contributed by atoms with Crippen LogP contribution >= 0.6 is 0 Å². The summed E-state index contributed by atoms with van der Waals surface area (Å²) < 4.78 is 13.9. The van der Waals surface area contributed by atoms with Crippen LogP contribution in [0.3, 0.4) is 0 Å². The molecular formula is C22H31FN4O2. The van der Waals surface area contributed by atoms with Crippen LogP contribution in [0.4, 0.5) is 10.1 Å². The Hall–Kier alpha value is -2.41. The van der Waals surface area contributed by atoms with Gasteiger partial charge in [-0.1, -0.05) is 23.8 Å². The van der Waals surface area contributed by atoms with Crippen LogP contribution in [-0.2, 0) is 9.59 Å². The number of carbonyl (C=O) groups is 2. The van der Waals surface area contributed by atoms with Crippen molar-refractivity contribution in [2.45, 2.75) is 32.1 Å². The summed E-state index contributed by atoms with van der Waals surface area (Å²) in [4.78, 5) is 28.1. The SMILES string of the molecule is O=C(NCCC1=CCCCC1)C(=O)NCCN1CCN(c2ccccc2F)CC1. The number of para-hydroxylation sites is 1. The lowest BCUT2D eigenvalue weighted by Crippen LogP contribution is -2.49. The number of halogens is 1. The van der Waals surface area contributed by atoms with Crippen molar-refractivity contribution >= 4 is 17.5 Å². The molecule has 2 amide bonds. The molecule has 1 aromatic rings. The van der Waals surface area contributed by atoms with Gasteiger partial charge in [-0.2, -0.15) is 0 Å². The van der Waals surface area contributed by atoms with Gasteiger partial charge in [-0.25, -0.2) is 4.39 Å². The lowest BCUT2D eigenvalue weighted by molar-refractivity contribution is -0.139. The monoisotopic (exact) mass is 402 g/mol. The van der Waals surface area contributed by atoms with E-state index in [1.54, 1.807) is 12.1 Å². The van der Waals surface area contributed by atoms with Crippen LogP contribution in [0.5, 0.6) is 0 Å². The molecule has 2 N–H and O–H groups in total. The Morgan fingerprint density at radius 3 is 2.38 bits per heavy atom. The minimum Gasteiger partial charge on any atom is -0.367 e. The molecule has 1 aliphatic heterocycles. The predicted octanol–water partition coefficient (Wildman–Crippen LogP) is 2.07. The summed E-state index contributed by atoms with van der Waals surface area (Å²) >= 11 is 0. The van der Waals surface area contributed by atoms with Crippen LogP contribution in [0.15, 0.2) is 35.9 Å². The van der Waals surface area contributed by atoms with E-state index < -0.39 is 11.8 Å². The second-order valence-corrected chi connectivity index (χ2v) is 7.65. The fourth-order valence-electron chi connectivity index (χ4n) is 3.88. The third-order valence-electron chi connectivity index (χ3n) is 5.60. The quantitative estimate of drug-likeness (QED) is 0.541. The van der Waals surface area contributed by atoms with Crippen LogP contribution in [0, 0.1) is 5.82 Å². The van der Waals surface area contributed by atoms with Gasteiger partial charge < -0.3 is 15.5 Å². The molecule has 1 fully saturated rings. The van der Waals surface area contributed by atoms with E-state index >= 15 is 0 Å². The zero-order chi connectivity index (χ0) is 20.5. The fourth-order valence-corrected chi connectivity index (χ4v) is 3.88. The highest BCUT2D eigenvalue weighted by Crippen LogP contribution is 2.20. The van der Waals surface area contributed by atoms with Crippen molar-refractivity contribution in [3.8, 4) is 0 Å². The molecule has 6 nitrogen and oxygen atoms in total. The van der Waals surface area contributed by atoms with E-state index in [1.165, 1.54) is 24.5 Å². The third kappa shape index (κ3) is 6.56. The first-order valence-corrected chi connectivity index (χ1v) is 10.6. The Morgan fingerprint density at radius 2 is 1.69 bits per heavy atom. The molecule has 29 heavy (non-hydrogen) atoms. The molecule has 2 aliphatic rings. The van der Waals surface area contributed by atoms with Crippen molar-refractivity contribution in [2.24, 2.45) is 0 Å². The van der Waals surface area contributed by atoms with Gasteiger partial charge in [-0.15, -0.1) is 0 Å². The molecular weight excluding hydrogens is 371 g/mol. The number of rotatable bonds is 7. The average Bonchev–Trinajstić information content (AvgIpc) is 2.75. The van der Waals surface area contributed by atoms with Gasteiger partial charge in [0.25, 0.3) is 0 Å². The largest absolute Gasteiger partial charge is 0.367 e. The molecule has 1 heterocycles. The van der Waals surface area contributed by atoms with Crippen molar-refractivity contribution in [1.29, 1.82) is 0 Å². The zero-order valence-corrected chi connectivity index (χ0v) is 17.0. The first-order chi connectivity index (χ1) is 14.1. The maximum Gasteiger partial charge on any atom is 0.309 e. The lowest BCUT2D eigenvalue weighted by Gasteiger charge is -2.36. The molecule has 7 heteroatoms. The minimum absolute atomic E-state index is 0.195. The first kappa shape index (κ1) is 21.3. The third-order valence-corrected chi connectivity index (χ3v) is 5.60. The maximum atomic E-state index is 13.9. The van der Waals surface area contributed by atoms with Crippen LogP contribution in [0.2, 0.25) is 0 Å². The van der Waals surface area contributed by atoms with Gasteiger partial charge in [0.15, 0.2) is 0 Å². The first-order valence-electron chi connectivity index (χ1n) is 10.6. The zero-order valence-electron chi connectivity index (χ0n) is 17.0. The van der Waals surface area contributed by atoms with Crippen molar-refractivity contribution < 1.29 is 14.0 Å². The van der Waals surface area contributed by atoms with Crippen molar-refractivity contribution in [2.75, 3.05) is 50.7 Å². The van der Waals surface area contributed by atoms with Gasteiger partial charge in [0.05, 0.1) is 5.69 Å². The van der Waals surface area contributed by atoms with Crippen molar-refractivity contribution in [1.82, 2.24) is 15.5 Å². The number of amides is 2. The second kappa shape index (κ2) is 11.0. The molecule has 0 saturated carbocycles. The number of benzene rings is 1. The highest BCUT2D eigenvalue weighted by atomic mass is 19.1. The molecule has 158 valence electrons. The minimum atomic E-state index is -0.576. The summed E-state index contributed by atoms with van der Waals surface area (Å²) in [5.74, 6) is -1.34. The Labute approximate surface area is 172 Å². The highest BCUT2D eigenvalue weighted by molar-refractivity contribution is 6.35. The number of hydrogen-bond donors (Lipinski definition) is 2. The molecule has 0 atom stereocenters. The Morgan fingerprint density at radius 1 is 0.966 bits per heavy atom. The van der Waals surface area contributed by atoms with Gasteiger partial charge >= 0.3 is 11.8 Å². The molecule has 0 spiro atoms. The van der Waals surface area contributed by atoms with Gasteiger partial charge in [-0.3, -0.25) is 14.5 Å². The summed E-state index contributed by atoms with van der Waals surface area (Å²) in [5, 5.41) is 5.39. The Balaban J connectivity index is 1.29. The molecule has 1 saturated heterocycles. The number of allylic oxidation sites excluding steroid dienone is 1. The second-order valence-electron chi connectivity index (χ2n) is 7.65. The van der Waals surface area contributed by atoms with Crippen molar-refractivity contribution in [3.63, 3.8) is 0 Å². The molecule has 1 aromatic carbocycles. The molecule has 1 aliphatic carbocycles. The van der Waals surface area contributed by atoms with Crippen LogP contribution in [-0.4, -0.2) is 62.5 Å². The smallest absolute Gasteiger partial charge is 0.309 e. The van der Waals surface area contributed by atoms with Crippen LogP contribution in [0.25, 0.3) is 0 Å². The predicted molar refractivity (Wildman–Crippen MR) is 112 cm³/mol. The number of anilines is 1. The summed E-state index contributed by atoms with van der Waals surface area (Å²) in [6.45, 7) is 4.69. The average molecular weight is 403 g/mol. The van der Waals surface area contributed by atoms with Gasteiger partial charge in [0, 0.05) is 45.8 Å². The van der Waals surface area contributed by atoms with Gasteiger partial charge in [0.1, 0.15) is 5.82 Å². The Kier molecular flexibility index (Phi) is 8.04. The highest BCUT2D eigenvalue weighted by Gasteiger charge is 2.19. The van der Waals surface area contributed by atoms with Crippen LogP contribution < -0.4 is 15.5 Å². The number of nitrogens with zero attached hydrogens (tertiary/aromatic N) is 2. The molecule has 3 rings (SSSR count). The normalized spacial score (nSPS) is 17.6. The number of carbonyl (C=O) groups excluding carboxylic acids is 2. The molecule has 0 unspecified atom stereocenters. The van der Waals surface area contributed by atoms with Crippen LogP contribution in [0.1, 0.15) is 32.1 Å². The fraction of sp³-hybridized carbons (Fsp3) is 0.545. The number of nitrogens with one attached hydrogen (secondary N) is 2. The standard InChI is InChI=1S/C22H31FN4O2/c23-19-8-4-5-9-20(19)27-16-14-26(15-17-27)13-12-25-22(29)21(28)24-11-10-18-6-2-1-3-7-18/h4-6,8-9H,1-3,7,10-17H2,(H,24,28)(H,25,29). The lowest BCUT2D eigenvalue weighted by atomic mass is 9.97. The van der Waals surface area contributed by atoms with E-state index in [-0.39, 0.29) is 5.82 Å².